The van der Waals surface area contributed by atoms with E-state index >= 15 is 0 Å². The lowest BCUT2D eigenvalue weighted by molar-refractivity contribution is -0.137. The van der Waals surface area contributed by atoms with E-state index in [9.17, 15) is 4.79 Å². The molecular weight excluding hydrogens is 444 g/mol. The summed E-state index contributed by atoms with van der Waals surface area (Å²) in [5.41, 5.74) is 0. The van der Waals surface area contributed by atoms with Gasteiger partial charge in [0.2, 0.25) is 0 Å². The molecule has 0 amide bonds. The molecule has 0 unspecified atom stereocenters. The van der Waals surface area contributed by atoms with Crippen LogP contribution < -0.4 is 0 Å². The van der Waals surface area contributed by atoms with E-state index in [1.165, 1.54) is 141 Å². The molecule has 0 atom stereocenters. The third kappa shape index (κ3) is 27.4. The van der Waals surface area contributed by atoms with Crippen LogP contribution in [0.15, 0.2) is 12.4 Å². The first-order chi connectivity index (χ1) is 17.6. The summed E-state index contributed by atoms with van der Waals surface area (Å²) in [5, 5.41) is 8.41. The second-order valence-electron chi connectivity index (χ2n) is 11.1. The summed E-state index contributed by atoms with van der Waals surface area (Å²) < 4.78 is 0. The first-order valence-corrected chi connectivity index (χ1v) is 15.9. The maximum absolute atomic E-state index is 10.2. The molecule has 0 radical (unpaired) electrons. The maximum Gasteiger partial charge on any atom is 0.303 e. The number of rotatable bonds is 25. The van der Waals surface area contributed by atoms with Gasteiger partial charge in [0.05, 0.1) is 6.67 Å². The molecule has 0 fully saturated rings. The van der Waals surface area contributed by atoms with Gasteiger partial charge < -0.3 is 14.9 Å². The van der Waals surface area contributed by atoms with Gasteiger partial charge in [0.25, 0.3) is 0 Å². The van der Waals surface area contributed by atoms with Gasteiger partial charge >= 0.3 is 5.97 Å². The fourth-order valence-electron chi connectivity index (χ4n) is 4.83. The summed E-state index contributed by atoms with van der Waals surface area (Å²) in [7, 11) is 2.14. The van der Waals surface area contributed by atoms with Gasteiger partial charge in [0, 0.05) is 32.4 Å². The minimum Gasteiger partial charge on any atom is -0.481 e. The summed E-state index contributed by atoms with van der Waals surface area (Å²) in [6.07, 6.45) is 36.1. The van der Waals surface area contributed by atoms with Gasteiger partial charge in [-0.25, -0.2) is 0 Å². The Morgan fingerprint density at radius 2 is 0.944 bits per heavy atom. The third-order valence-corrected chi connectivity index (χ3v) is 7.23. The SMILES string of the molecule is CCCCCCCCCCCC(=O)O.CCCCCCCCCCCCCCCCN1C=CN(C)C1. The predicted molar refractivity (Wildman–Crippen MR) is 158 cm³/mol. The molecule has 1 aliphatic heterocycles. The summed E-state index contributed by atoms with van der Waals surface area (Å²) in [6.45, 7) is 6.84. The fraction of sp³-hybridized carbons (Fsp3) is 0.906. The monoisotopic (exact) mass is 508 g/mol. The quantitative estimate of drug-likeness (QED) is 0.125. The van der Waals surface area contributed by atoms with E-state index in [4.69, 9.17) is 5.11 Å². The zero-order chi connectivity index (χ0) is 26.5. The second-order valence-corrected chi connectivity index (χ2v) is 11.1. The van der Waals surface area contributed by atoms with E-state index in [1.54, 1.807) is 0 Å². The van der Waals surface area contributed by atoms with Crippen LogP contribution in [-0.4, -0.2) is 41.1 Å². The molecule has 0 saturated carbocycles. The van der Waals surface area contributed by atoms with Gasteiger partial charge in [-0.05, 0) is 12.8 Å². The lowest BCUT2D eigenvalue weighted by Crippen LogP contribution is -2.23. The highest BCUT2D eigenvalue weighted by atomic mass is 16.4. The Kier molecular flexibility index (Phi) is 27.4. The molecule has 1 rings (SSSR count). The molecule has 0 aliphatic carbocycles. The number of nitrogens with zero attached hydrogens (tertiary/aromatic N) is 2. The molecule has 0 spiro atoms. The van der Waals surface area contributed by atoms with E-state index in [1.807, 2.05) is 0 Å². The number of carbonyl (C=O) groups is 1. The number of hydrogen-bond donors (Lipinski definition) is 1. The van der Waals surface area contributed by atoms with Crippen LogP contribution in [0.1, 0.15) is 168 Å². The van der Waals surface area contributed by atoms with Crippen LogP contribution in [0, 0.1) is 0 Å². The van der Waals surface area contributed by atoms with Gasteiger partial charge in [-0.3, -0.25) is 4.79 Å². The standard InChI is InChI=1S/C20H40N2.C12H24O2/c1-3-4-5-6-7-8-9-10-11-12-13-14-15-16-17-22-19-18-21(2)20-22;1-2-3-4-5-6-7-8-9-10-11-12(13)14/h18-19H,3-17,20H2,1-2H3;2-11H2,1H3,(H,13,14). The number of aliphatic carboxylic acids is 1. The fourth-order valence-corrected chi connectivity index (χ4v) is 4.83. The van der Waals surface area contributed by atoms with E-state index in [2.05, 4.69) is 43.1 Å². The van der Waals surface area contributed by atoms with Crippen LogP contribution in [0.4, 0.5) is 0 Å². The molecule has 0 saturated heterocycles. The highest BCUT2D eigenvalue weighted by Crippen LogP contribution is 2.14. The van der Waals surface area contributed by atoms with Crippen LogP contribution in [0.3, 0.4) is 0 Å². The molecule has 0 bridgehead atoms. The highest BCUT2D eigenvalue weighted by Gasteiger charge is 2.06. The highest BCUT2D eigenvalue weighted by molar-refractivity contribution is 5.66. The largest absolute Gasteiger partial charge is 0.481 e. The molecular formula is C32H64N2O2. The van der Waals surface area contributed by atoms with Gasteiger partial charge in [-0.1, -0.05) is 149 Å². The summed E-state index contributed by atoms with van der Waals surface area (Å²) in [6, 6.07) is 0. The predicted octanol–water partition coefficient (Wildman–Crippen LogP) is 10.1. The summed E-state index contributed by atoms with van der Waals surface area (Å²) in [5.74, 6) is -0.659. The molecule has 4 nitrogen and oxygen atoms in total. The number of carboxylic acids is 1. The average Bonchev–Trinajstić information content (AvgIpc) is 3.28. The maximum atomic E-state index is 10.2. The Morgan fingerprint density at radius 3 is 1.28 bits per heavy atom. The van der Waals surface area contributed by atoms with Crippen molar-refractivity contribution in [3.05, 3.63) is 12.4 Å². The van der Waals surface area contributed by atoms with Crippen molar-refractivity contribution in [2.75, 3.05) is 20.3 Å². The average molecular weight is 509 g/mol. The molecule has 1 N–H and O–H groups in total. The number of hydrogen-bond acceptors (Lipinski definition) is 3. The molecule has 1 heterocycles. The van der Waals surface area contributed by atoms with Crippen molar-refractivity contribution >= 4 is 5.97 Å². The summed E-state index contributed by atoms with van der Waals surface area (Å²) in [4.78, 5) is 14.9. The Bertz CT molecular complexity index is 481. The van der Waals surface area contributed by atoms with Crippen molar-refractivity contribution in [1.29, 1.82) is 0 Å². The van der Waals surface area contributed by atoms with E-state index in [0.717, 1.165) is 19.5 Å². The minimum absolute atomic E-state index is 0.343. The van der Waals surface area contributed by atoms with Crippen LogP contribution in [-0.2, 0) is 4.79 Å². The molecule has 0 aromatic rings. The number of unbranched alkanes of at least 4 members (excludes halogenated alkanes) is 21. The van der Waals surface area contributed by atoms with Gasteiger partial charge in [0.15, 0.2) is 0 Å². The number of carboxylic acid groups (broad SMARTS) is 1. The zero-order valence-corrected chi connectivity index (χ0v) is 24.8. The Morgan fingerprint density at radius 1 is 0.583 bits per heavy atom. The Labute approximate surface area is 226 Å². The van der Waals surface area contributed by atoms with Crippen molar-refractivity contribution in [3.63, 3.8) is 0 Å². The molecule has 4 heteroatoms. The topological polar surface area (TPSA) is 43.8 Å². The first-order valence-electron chi connectivity index (χ1n) is 15.9. The second kappa shape index (κ2) is 28.4. The lowest BCUT2D eigenvalue weighted by Gasteiger charge is -2.17. The van der Waals surface area contributed by atoms with E-state index < -0.39 is 5.97 Å². The zero-order valence-electron chi connectivity index (χ0n) is 24.8. The van der Waals surface area contributed by atoms with Crippen LogP contribution >= 0.6 is 0 Å². The van der Waals surface area contributed by atoms with Crippen molar-refractivity contribution in [3.8, 4) is 0 Å². The minimum atomic E-state index is -0.659. The third-order valence-electron chi connectivity index (χ3n) is 7.23. The molecule has 0 aromatic heterocycles. The van der Waals surface area contributed by atoms with Crippen LogP contribution in [0.25, 0.3) is 0 Å². The molecule has 1 aliphatic rings. The van der Waals surface area contributed by atoms with Crippen LogP contribution in [0.2, 0.25) is 0 Å². The summed E-state index contributed by atoms with van der Waals surface area (Å²) >= 11 is 0. The van der Waals surface area contributed by atoms with Crippen molar-refractivity contribution < 1.29 is 9.90 Å². The Balaban J connectivity index is 0.000000757. The Hall–Kier alpha value is -1.19. The lowest BCUT2D eigenvalue weighted by atomic mass is 10.0. The van der Waals surface area contributed by atoms with E-state index in [0.29, 0.717) is 6.42 Å². The van der Waals surface area contributed by atoms with Gasteiger partial charge in [-0.15, -0.1) is 0 Å². The van der Waals surface area contributed by atoms with Gasteiger partial charge in [-0.2, -0.15) is 0 Å². The first kappa shape index (κ1) is 34.8. The van der Waals surface area contributed by atoms with Crippen molar-refractivity contribution in [1.82, 2.24) is 9.80 Å². The normalized spacial score (nSPS) is 12.8. The van der Waals surface area contributed by atoms with Crippen LogP contribution in [0.5, 0.6) is 0 Å². The van der Waals surface area contributed by atoms with Crippen molar-refractivity contribution in [2.24, 2.45) is 0 Å². The van der Waals surface area contributed by atoms with Gasteiger partial charge in [0.1, 0.15) is 0 Å². The van der Waals surface area contributed by atoms with E-state index in [-0.39, 0.29) is 0 Å². The smallest absolute Gasteiger partial charge is 0.303 e. The molecule has 214 valence electrons. The van der Waals surface area contributed by atoms with Crippen molar-refractivity contribution in [2.45, 2.75) is 168 Å². The molecule has 36 heavy (non-hydrogen) atoms. The molecule has 0 aromatic carbocycles.